The molecule has 0 aliphatic heterocycles. The van der Waals surface area contributed by atoms with E-state index in [1.807, 2.05) is 12.1 Å². The number of fused-ring (bicyclic) bond motifs is 1. The van der Waals surface area contributed by atoms with Gasteiger partial charge in [0, 0.05) is 36.3 Å². The highest BCUT2D eigenvalue weighted by atomic mass is 15.4. The summed E-state index contributed by atoms with van der Waals surface area (Å²) in [5.74, 6) is 2.13. The number of aryl methyl sites for hydroxylation is 2. The second kappa shape index (κ2) is 7.53. The van der Waals surface area contributed by atoms with Gasteiger partial charge in [0.1, 0.15) is 5.82 Å². The first kappa shape index (κ1) is 17.1. The predicted octanol–water partition coefficient (Wildman–Crippen LogP) is 4.06. The van der Waals surface area contributed by atoms with Gasteiger partial charge in [0.15, 0.2) is 5.82 Å². The molecule has 6 heteroatoms. The van der Waals surface area contributed by atoms with E-state index in [1.54, 1.807) is 16.9 Å². The number of aromatic nitrogens is 5. The number of anilines is 1. The van der Waals surface area contributed by atoms with Crippen molar-refractivity contribution in [1.82, 2.24) is 24.6 Å². The molecule has 0 fully saturated rings. The van der Waals surface area contributed by atoms with Crippen LogP contribution in [0.3, 0.4) is 0 Å². The Labute approximate surface area is 158 Å². The van der Waals surface area contributed by atoms with Crippen LogP contribution >= 0.6 is 0 Å². The molecule has 0 amide bonds. The van der Waals surface area contributed by atoms with Crippen molar-refractivity contribution in [1.29, 1.82) is 0 Å². The van der Waals surface area contributed by atoms with E-state index in [0.29, 0.717) is 11.6 Å². The molecule has 27 heavy (non-hydrogen) atoms. The zero-order valence-corrected chi connectivity index (χ0v) is 15.6. The van der Waals surface area contributed by atoms with Crippen molar-refractivity contribution < 1.29 is 0 Å². The molecule has 1 N–H and O–H groups in total. The van der Waals surface area contributed by atoms with Gasteiger partial charge in [-0.1, -0.05) is 37.6 Å². The Bertz CT molecular complexity index is 1050. The summed E-state index contributed by atoms with van der Waals surface area (Å²) in [6, 6.07) is 14.3. The van der Waals surface area contributed by atoms with Crippen LogP contribution in [0.25, 0.3) is 17.2 Å². The van der Waals surface area contributed by atoms with Crippen molar-refractivity contribution >= 4 is 11.6 Å². The van der Waals surface area contributed by atoms with E-state index in [9.17, 15) is 0 Å². The summed E-state index contributed by atoms with van der Waals surface area (Å²) in [6.45, 7) is 4.99. The molecule has 0 radical (unpaired) electrons. The van der Waals surface area contributed by atoms with Crippen LogP contribution in [0.1, 0.15) is 30.2 Å². The van der Waals surface area contributed by atoms with Crippen molar-refractivity contribution in [2.24, 2.45) is 0 Å². The van der Waals surface area contributed by atoms with E-state index in [-0.39, 0.29) is 0 Å². The molecule has 0 saturated carbocycles. The Hall–Kier alpha value is -3.28. The lowest BCUT2D eigenvalue weighted by Gasteiger charge is -2.11. The van der Waals surface area contributed by atoms with Gasteiger partial charge >= 0.3 is 0 Å². The van der Waals surface area contributed by atoms with Gasteiger partial charge in [0.05, 0.1) is 0 Å². The van der Waals surface area contributed by atoms with Crippen molar-refractivity contribution in [2.45, 2.75) is 33.2 Å². The molecule has 4 rings (SSSR count). The summed E-state index contributed by atoms with van der Waals surface area (Å²) in [5, 5.41) is 8.17. The fourth-order valence-electron chi connectivity index (χ4n) is 3.04. The third-order valence-corrected chi connectivity index (χ3v) is 4.51. The normalized spacial score (nSPS) is 11.0. The fraction of sp³-hybridized carbons (Fsp3) is 0.238. The minimum Gasteiger partial charge on any atom is -0.366 e. The van der Waals surface area contributed by atoms with Crippen LogP contribution in [-0.4, -0.2) is 24.6 Å². The summed E-state index contributed by atoms with van der Waals surface area (Å²) in [7, 11) is 0. The molecular formula is C21H22N6. The van der Waals surface area contributed by atoms with Crippen LogP contribution in [0.15, 0.2) is 54.9 Å². The van der Waals surface area contributed by atoms with Crippen LogP contribution < -0.4 is 5.32 Å². The average Bonchev–Trinajstić information content (AvgIpc) is 3.12. The van der Waals surface area contributed by atoms with Crippen molar-refractivity contribution in [2.75, 3.05) is 5.32 Å². The fourth-order valence-corrected chi connectivity index (χ4v) is 3.04. The van der Waals surface area contributed by atoms with Crippen molar-refractivity contribution in [3.63, 3.8) is 0 Å². The average molecular weight is 358 g/mol. The third-order valence-electron chi connectivity index (χ3n) is 4.51. The predicted molar refractivity (Wildman–Crippen MR) is 107 cm³/mol. The molecule has 6 nitrogen and oxygen atoms in total. The molecule has 136 valence electrons. The zero-order valence-electron chi connectivity index (χ0n) is 15.6. The molecule has 0 spiro atoms. The van der Waals surface area contributed by atoms with Gasteiger partial charge in [-0.2, -0.15) is 9.50 Å². The first-order valence-corrected chi connectivity index (χ1v) is 9.20. The monoisotopic (exact) mass is 358 g/mol. The molecule has 1 aromatic carbocycles. The molecule has 0 bridgehead atoms. The maximum atomic E-state index is 4.67. The lowest BCUT2D eigenvalue weighted by Crippen LogP contribution is -2.08. The SMILES string of the molecule is CCCc1cc(NCc2ccccc2C)n2nc(-c3cccnc3)nc2n1. The number of pyridine rings is 1. The number of benzene rings is 1. The second-order valence-corrected chi connectivity index (χ2v) is 6.55. The summed E-state index contributed by atoms with van der Waals surface area (Å²) in [5.41, 5.74) is 4.41. The lowest BCUT2D eigenvalue weighted by atomic mass is 10.1. The molecule has 4 aromatic rings. The second-order valence-electron chi connectivity index (χ2n) is 6.55. The minimum atomic E-state index is 0.604. The maximum Gasteiger partial charge on any atom is 0.254 e. The first-order valence-electron chi connectivity index (χ1n) is 9.20. The number of hydrogen-bond acceptors (Lipinski definition) is 5. The van der Waals surface area contributed by atoms with Gasteiger partial charge in [-0.3, -0.25) is 4.98 Å². The van der Waals surface area contributed by atoms with E-state index < -0.39 is 0 Å². The Kier molecular flexibility index (Phi) is 4.78. The molecule has 0 aliphatic carbocycles. The quantitative estimate of drug-likeness (QED) is 0.563. The molecule has 0 aliphatic rings. The third kappa shape index (κ3) is 3.65. The van der Waals surface area contributed by atoms with Crippen molar-refractivity contribution in [3.8, 4) is 11.4 Å². The van der Waals surface area contributed by atoms with Gasteiger partial charge in [0.25, 0.3) is 5.78 Å². The number of hydrogen-bond donors (Lipinski definition) is 1. The molecule has 3 heterocycles. The summed E-state index contributed by atoms with van der Waals surface area (Å²) in [4.78, 5) is 13.5. The van der Waals surface area contributed by atoms with E-state index >= 15 is 0 Å². The molecular weight excluding hydrogens is 336 g/mol. The van der Waals surface area contributed by atoms with Crippen molar-refractivity contribution in [3.05, 3.63) is 71.7 Å². The summed E-state index contributed by atoms with van der Waals surface area (Å²) < 4.78 is 1.78. The zero-order chi connectivity index (χ0) is 18.6. The summed E-state index contributed by atoms with van der Waals surface area (Å²) in [6.07, 6.45) is 5.45. The Morgan fingerprint density at radius 1 is 1.07 bits per heavy atom. The highest BCUT2D eigenvalue weighted by molar-refractivity contribution is 5.57. The molecule has 0 atom stereocenters. The van der Waals surface area contributed by atoms with Crippen LogP contribution in [0, 0.1) is 6.92 Å². The van der Waals surface area contributed by atoms with E-state index in [1.165, 1.54) is 11.1 Å². The minimum absolute atomic E-state index is 0.604. The van der Waals surface area contributed by atoms with Gasteiger partial charge in [-0.15, -0.1) is 5.10 Å². The van der Waals surface area contributed by atoms with Crippen LogP contribution in [0.4, 0.5) is 5.82 Å². The van der Waals surface area contributed by atoms with E-state index in [4.69, 9.17) is 0 Å². The maximum absolute atomic E-state index is 4.67. The molecule has 0 unspecified atom stereocenters. The smallest absolute Gasteiger partial charge is 0.254 e. The number of rotatable bonds is 6. The van der Waals surface area contributed by atoms with E-state index in [2.05, 4.69) is 69.5 Å². The molecule has 0 saturated heterocycles. The van der Waals surface area contributed by atoms with Gasteiger partial charge in [-0.25, -0.2) is 4.98 Å². The van der Waals surface area contributed by atoms with Crippen LogP contribution in [-0.2, 0) is 13.0 Å². The van der Waals surface area contributed by atoms with Crippen LogP contribution in [0.5, 0.6) is 0 Å². The topological polar surface area (TPSA) is 68.0 Å². The Balaban J connectivity index is 1.73. The number of nitrogens with zero attached hydrogens (tertiary/aromatic N) is 5. The van der Waals surface area contributed by atoms with Gasteiger partial charge in [-0.05, 0) is 36.6 Å². The first-order chi connectivity index (χ1) is 13.2. The highest BCUT2D eigenvalue weighted by Gasteiger charge is 2.12. The highest BCUT2D eigenvalue weighted by Crippen LogP contribution is 2.19. The van der Waals surface area contributed by atoms with E-state index in [0.717, 1.165) is 36.5 Å². The van der Waals surface area contributed by atoms with Gasteiger partial charge in [0.2, 0.25) is 0 Å². The lowest BCUT2D eigenvalue weighted by molar-refractivity contribution is 0.854. The summed E-state index contributed by atoms with van der Waals surface area (Å²) >= 11 is 0. The largest absolute Gasteiger partial charge is 0.366 e. The molecule has 3 aromatic heterocycles. The Morgan fingerprint density at radius 2 is 1.96 bits per heavy atom. The Morgan fingerprint density at radius 3 is 2.74 bits per heavy atom. The van der Waals surface area contributed by atoms with Crippen LogP contribution in [0.2, 0.25) is 0 Å². The van der Waals surface area contributed by atoms with Gasteiger partial charge < -0.3 is 5.32 Å². The standard InChI is InChI=1S/C21H22N6/c1-3-7-18-12-19(23-14-16-9-5-4-8-15(16)2)27-21(24-18)25-20(26-27)17-10-6-11-22-13-17/h4-6,8-13,23H,3,7,14H2,1-2H3. The number of nitrogens with one attached hydrogen (secondary N) is 1.